The van der Waals surface area contributed by atoms with E-state index in [1.54, 1.807) is 10.9 Å². The summed E-state index contributed by atoms with van der Waals surface area (Å²) in [5.74, 6) is -0.311. The monoisotopic (exact) mass is 373 g/mol. The van der Waals surface area contributed by atoms with Crippen LogP contribution >= 0.6 is 0 Å². The number of hydrogen-bond acceptors (Lipinski definition) is 5. The van der Waals surface area contributed by atoms with Crippen LogP contribution < -0.4 is 5.32 Å². The number of carboxylic acid groups (broad SMARTS) is 1. The number of aryl methyl sites for hydroxylation is 2. The van der Waals surface area contributed by atoms with Gasteiger partial charge in [0.05, 0.1) is 24.5 Å². The number of amides is 2. The van der Waals surface area contributed by atoms with Crippen molar-refractivity contribution < 1.29 is 19.8 Å². The van der Waals surface area contributed by atoms with Gasteiger partial charge in [-0.25, -0.2) is 9.48 Å². The molecule has 1 saturated heterocycles. The number of nitrogens with one attached hydrogen (secondary N) is 1. The Morgan fingerprint density at radius 1 is 1.37 bits per heavy atom. The van der Waals surface area contributed by atoms with Crippen molar-refractivity contribution in [2.24, 2.45) is 0 Å². The summed E-state index contributed by atoms with van der Waals surface area (Å²) in [6, 6.07) is 7.60. The minimum Gasteiger partial charge on any atom is -0.465 e. The highest BCUT2D eigenvalue weighted by atomic mass is 16.4. The third-order valence-electron chi connectivity index (χ3n) is 4.74. The molecule has 2 heterocycles. The maximum Gasteiger partial charge on any atom is 0.407 e. The zero-order chi connectivity index (χ0) is 19.4. The second-order valence-corrected chi connectivity index (χ2v) is 6.70. The summed E-state index contributed by atoms with van der Waals surface area (Å²) in [6.45, 7) is 2.50. The first-order valence-corrected chi connectivity index (χ1v) is 8.85. The Hall–Kier alpha value is -2.94. The van der Waals surface area contributed by atoms with Gasteiger partial charge in [0.2, 0.25) is 5.91 Å². The molecule has 1 aliphatic heterocycles. The lowest BCUT2D eigenvalue weighted by Gasteiger charge is -2.34. The van der Waals surface area contributed by atoms with Gasteiger partial charge in [-0.05, 0) is 30.5 Å². The van der Waals surface area contributed by atoms with Crippen molar-refractivity contribution in [3.8, 4) is 0 Å². The van der Waals surface area contributed by atoms with Crippen LogP contribution in [0.25, 0.3) is 0 Å². The summed E-state index contributed by atoms with van der Waals surface area (Å²) in [5.41, 5.74) is 2.60. The fraction of sp³-hybridized carbons (Fsp3) is 0.444. The van der Waals surface area contributed by atoms with E-state index in [1.165, 1.54) is 11.8 Å². The van der Waals surface area contributed by atoms with Gasteiger partial charge in [0, 0.05) is 31.6 Å². The van der Waals surface area contributed by atoms with Gasteiger partial charge in [0.1, 0.15) is 0 Å². The predicted octanol–water partition coefficient (Wildman–Crippen LogP) is 1.31. The van der Waals surface area contributed by atoms with E-state index >= 15 is 0 Å². The lowest BCUT2D eigenvalue weighted by molar-refractivity contribution is -0.114. The molecule has 0 aliphatic carbocycles. The van der Waals surface area contributed by atoms with Gasteiger partial charge in [-0.3, -0.25) is 4.79 Å². The lowest BCUT2D eigenvalue weighted by atomic mass is 9.91. The fourth-order valence-corrected chi connectivity index (χ4v) is 3.42. The maximum absolute atomic E-state index is 11.2. The SMILES string of the molecule is CC(=O)Nc1cccc(CCn2nncc2C2CCN(C(=O)O)CC2O)c1. The van der Waals surface area contributed by atoms with Crippen LogP contribution in [0.1, 0.15) is 30.5 Å². The molecule has 1 aromatic carbocycles. The number of benzene rings is 1. The van der Waals surface area contributed by atoms with Crippen LogP contribution in [-0.4, -0.2) is 61.3 Å². The molecule has 0 bridgehead atoms. The van der Waals surface area contributed by atoms with Crippen LogP contribution in [0.5, 0.6) is 0 Å². The van der Waals surface area contributed by atoms with E-state index in [9.17, 15) is 14.7 Å². The van der Waals surface area contributed by atoms with E-state index in [4.69, 9.17) is 5.11 Å². The average Bonchev–Trinajstić information content (AvgIpc) is 3.08. The number of aromatic nitrogens is 3. The van der Waals surface area contributed by atoms with Gasteiger partial charge in [-0.2, -0.15) is 0 Å². The quantitative estimate of drug-likeness (QED) is 0.727. The van der Waals surface area contributed by atoms with E-state index in [-0.39, 0.29) is 18.4 Å². The summed E-state index contributed by atoms with van der Waals surface area (Å²) in [5, 5.41) is 30.3. The highest BCUT2D eigenvalue weighted by Gasteiger charge is 2.33. The summed E-state index contributed by atoms with van der Waals surface area (Å²) < 4.78 is 1.76. The number of anilines is 1. The topological polar surface area (TPSA) is 121 Å². The lowest BCUT2D eigenvalue weighted by Crippen LogP contribution is -2.45. The fourth-order valence-electron chi connectivity index (χ4n) is 3.42. The first kappa shape index (κ1) is 18.8. The smallest absolute Gasteiger partial charge is 0.407 e. The van der Waals surface area contributed by atoms with Gasteiger partial charge < -0.3 is 20.4 Å². The highest BCUT2D eigenvalue weighted by molar-refractivity contribution is 5.88. The molecule has 2 unspecified atom stereocenters. The second kappa shape index (κ2) is 8.17. The van der Waals surface area contributed by atoms with Crippen LogP contribution in [0.4, 0.5) is 10.5 Å². The van der Waals surface area contributed by atoms with Crippen LogP contribution in [0, 0.1) is 0 Å². The first-order valence-electron chi connectivity index (χ1n) is 8.85. The van der Waals surface area contributed by atoms with Crippen molar-refractivity contribution in [1.29, 1.82) is 0 Å². The standard InChI is InChI=1S/C18H23N5O4/c1-12(24)20-14-4-2-3-13(9-14)5-8-23-16(10-19-21-23)15-6-7-22(18(26)27)11-17(15)25/h2-4,9-10,15,17,25H,5-8,11H2,1H3,(H,20,24)(H,26,27). The van der Waals surface area contributed by atoms with Crippen LogP contribution in [0.15, 0.2) is 30.5 Å². The Kier molecular flexibility index (Phi) is 5.70. The van der Waals surface area contributed by atoms with Crippen LogP contribution in [0.2, 0.25) is 0 Å². The number of aliphatic hydroxyl groups is 1. The summed E-state index contributed by atoms with van der Waals surface area (Å²) >= 11 is 0. The first-order chi connectivity index (χ1) is 12.9. The molecule has 2 amide bonds. The number of carbonyl (C=O) groups excluding carboxylic acids is 1. The van der Waals surface area contributed by atoms with Crippen molar-refractivity contribution in [1.82, 2.24) is 19.9 Å². The number of piperidine rings is 1. The van der Waals surface area contributed by atoms with Crippen LogP contribution in [-0.2, 0) is 17.8 Å². The van der Waals surface area contributed by atoms with E-state index in [0.717, 1.165) is 16.9 Å². The maximum atomic E-state index is 11.2. The van der Waals surface area contributed by atoms with Crippen LogP contribution in [0.3, 0.4) is 0 Å². The molecule has 2 atom stereocenters. The van der Waals surface area contributed by atoms with E-state index in [2.05, 4.69) is 15.6 Å². The number of hydrogen-bond donors (Lipinski definition) is 3. The van der Waals surface area contributed by atoms with Gasteiger partial charge in [0.25, 0.3) is 0 Å². The van der Waals surface area contributed by atoms with Gasteiger partial charge >= 0.3 is 6.09 Å². The molecule has 27 heavy (non-hydrogen) atoms. The number of nitrogens with zero attached hydrogens (tertiary/aromatic N) is 4. The Morgan fingerprint density at radius 3 is 2.89 bits per heavy atom. The Morgan fingerprint density at radius 2 is 2.19 bits per heavy atom. The van der Waals surface area contributed by atoms with Gasteiger partial charge in [-0.15, -0.1) is 5.10 Å². The molecule has 2 aromatic rings. The summed E-state index contributed by atoms with van der Waals surface area (Å²) in [4.78, 5) is 23.5. The number of β-amino-alcohol motifs (C(OH)–C–C–N with tert-alkyl or cyclic N) is 1. The average molecular weight is 373 g/mol. The van der Waals surface area contributed by atoms with Crippen molar-refractivity contribution in [2.75, 3.05) is 18.4 Å². The minimum atomic E-state index is -1.02. The second-order valence-electron chi connectivity index (χ2n) is 6.70. The molecular weight excluding hydrogens is 350 g/mol. The molecule has 3 rings (SSSR count). The molecule has 9 nitrogen and oxygen atoms in total. The molecule has 0 spiro atoms. The van der Waals surface area contributed by atoms with Crippen molar-refractivity contribution in [2.45, 2.75) is 38.3 Å². The van der Waals surface area contributed by atoms with Crippen molar-refractivity contribution >= 4 is 17.7 Å². The van der Waals surface area contributed by atoms with Crippen molar-refractivity contribution in [3.63, 3.8) is 0 Å². The largest absolute Gasteiger partial charge is 0.465 e. The molecule has 3 N–H and O–H groups in total. The zero-order valence-electron chi connectivity index (χ0n) is 15.1. The highest BCUT2D eigenvalue weighted by Crippen LogP contribution is 2.28. The number of rotatable bonds is 5. The van der Waals surface area contributed by atoms with E-state index in [0.29, 0.717) is 25.9 Å². The minimum absolute atomic E-state index is 0.0872. The molecule has 1 fully saturated rings. The zero-order valence-corrected chi connectivity index (χ0v) is 15.1. The summed E-state index contributed by atoms with van der Waals surface area (Å²) in [6.07, 6.45) is 1.05. The molecular formula is C18H23N5O4. The number of aliphatic hydroxyl groups excluding tert-OH is 1. The van der Waals surface area contributed by atoms with E-state index in [1.807, 2.05) is 24.3 Å². The molecule has 9 heteroatoms. The van der Waals surface area contributed by atoms with E-state index < -0.39 is 12.2 Å². The Labute approximate surface area is 156 Å². The molecule has 144 valence electrons. The third kappa shape index (κ3) is 4.62. The Balaban J connectivity index is 1.66. The molecule has 1 aliphatic rings. The Bertz CT molecular complexity index is 822. The van der Waals surface area contributed by atoms with Gasteiger partial charge in [0.15, 0.2) is 0 Å². The van der Waals surface area contributed by atoms with Crippen molar-refractivity contribution in [3.05, 3.63) is 41.7 Å². The number of carbonyl (C=O) groups is 2. The molecule has 0 radical (unpaired) electrons. The molecule has 1 aromatic heterocycles. The predicted molar refractivity (Wildman–Crippen MR) is 97.4 cm³/mol. The third-order valence-corrected chi connectivity index (χ3v) is 4.74. The summed E-state index contributed by atoms with van der Waals surface area (Å²) in [7, 11) is 0. The number of likely N-dealkylation sites (tertiary alicyclic amines) is 1. The molecule has 0 saturated carbocycles. The van der Waals surface area contributed by atoms with Gasteiger partial charge in [-0.1, -0.05) is 17.3 Å². The normalized spacial score (nSPS) is 19.7.